The van der Waals surface area contributed by atoms with Crippen molar-refractivity contribution in [3.8, 4) is 0 Å². The third-order valence-corrected chi connectivity index (χ3v) is 3.44. The molecule has 1 saturated heterocycles. The summed E-state index contributed by atoms with van der Waals surface area (Å²) in [7, 11) is 0. The number of nitrogens with one attached hydrogen (secondary N) is 1. The lowest BCUT2D eigenvalue weighted by atomic mass is 10.1. The van der Waals surface area contributed by atoms with Gasteiger partial charge in [0.05, 0.1) is 11.7 Å². The summed E-state index contributed by atoms with van der Waals surface area (Å²) >= 11 is 0. The molecule has 0 aliphatic carbocycles. The Labute approximate surface area is 117 Å². The summed E-state index contributed by atoms with van der Waals surface area (Å²) < 4.78 is 5.49. The largest absolute Gasteiger partial charge is 0.478 e. The summed E-state index contributed by atoms with van der Waals surface area (Å²) in [5, 5.41) is 11.6. The summed E-state index contributed by atoms with van der Waals surface area (Å²) in [6.45, 7) is 2.50. The molecule has 1 amide bonds. The maximum Gasteiger partial charge on any atom is 0.335 e. The van der Waals surface area contributed by atoms with Crippen LogP contribution in [0.4, 0.5) is 0 Å². The van der Waals surface area contributed by atoms with Crippen LogP contribution < -0.4 is 5.32 Å². The van der Waals surface area contributed by atoms with E-state index in [-0.39, 0.29) is 23.7 Å². The van der Waals surface area contributed by atoms with Gasteiger partial charge in [0, 0.05) is 6.54 Å². The predicted molar refractivity (Wildman–Crippen MR) is 73.7 cm³/mol. The molecule has 0 radical (unpaired) electrons. The Morgan fingerprint density at radius 2 is 2.00 bits per heavy atom. The minimum Gasteiger partial charge on any atom is -0.478 e. The second-order valence-corrected chi connectivity index (χ2v) is 5.06. The molecule has 1 aromatic rings. The topological polar surface area (TPSA) is 75.6 Å². The third-order valence-electron chi connectivity index (χ3n) is 3.44. The molecule has 0 spiro atoms. The van der Waals surface area contributed by atoms with E-state index in [0.717, 1.165) is 18.4 Å². The molecule has 1 aliphatic rings. The fraction of sp³-hybridized carbons (Fsp3) is 0.467. The molecule has 5 nitrogen and oxygen atoms in total. The van der Waals surface area contributed by atoms with Crippen LogP contribution in [0.2, 0.25) is 0 Å². The molecule has 1 aliphatic heterocycles. The quantitative estimate of drug-likeness (QED) is 0.857. The van der Waals surface area contributed by atoms with Crippen molar-refractivity contribution in [3.05, 3.63) is 35.4 Å². The first-order chi connectivity index (χ1) is 9.56. The number of benzene rings is 1. The Hall–Kier alpha value is -1.88. The molecule has 0 saturated carbocycles. The van der Waals surface area contributed by atoms with Crippen LogP contribution in [-0.2, 0) is 16.0 Å². The lowest BCUT2D eigenvalue weighted by molar-refractivity contribution is -0.131. The van der Waals surface area contributed by atoms with Crippen molar-refractivity contribution in [1.82, 2.24) is 5.32 Å². The van der Waals surface area contributed by atoms with Crippen LogP contribution in [0.5, 0.6) is 0 Å². The number of carboxylic acids is 1. The van der Waals surface area contributed by atoms with Crippen LogP contribution in [0.1, 0.15) is 35.7 Å². The zero-order valence-electron chi connectivity index (χ0n) is 11.5. The van der Waals surface area contributed by atoms with Gasteiger partial charge in [-0.15, -0.1) is 0 Å². The predicted octanol–water partition coefficient (Wildman–Crippen LogP) is 1.61. The molecule has 1 aromatic carbocycles. The van der Waals surface area contributed by atoms with E-state index >= 15 is 0 Å². The Morgan fingerprint density at radius 3 is 2.55 bits per heavy atom. The highest BCUT2D eigenvalue weighted by Gasteiger charge is 2.27. The summed E-state index contributed by atoms with van der Waals surface area (Å²) in [6.07, 6.45) is 2.22. The van der Waals surface area contributed by atoms with Gasteiger partial charge in [-0.1, -0.05) is 12.1 Å². The van der Waals surface area contributed by atoms with Crippen LogP contribution in [0.3, 0.4) is 0 Å². The number of rotatable bonds is 5. The molecule has 2 rings (SSSR count). The average Bonchev–Trinajstić information content (AvgIpc) is 2.86. The number of carboxylic acid groups (broad SMARTS) is 1. The fourth-order valence-electron chi connectivity index (χ4n) is 2.25. The van der Waals surface area contributed by atoms with Crippen LogP contribution >= 0.6 is 0 Å². The average molecular weight is 277 g/mol. The highest BCUT2D eigenvalue weighted by Crippen LogP contribution is 2.18. The maximum atomic E-state index is 11.8. The zero-order chi connectivity index (χ0) is 14.5. The Morgan fingerprint density at radius 1 is 1.30 bits per heavy atom. The Bertz CT molecular complexity index is 483. The highest BCUT2D eigenvalue weighted by molar-refractivity contribution is 5.87. The Kier molecular flexibility index (Phi) is 4.74. The van der Waals surface area contributed by atoms with Crippen molar-refractivity contribution in [3.63, 3.8) is 0 Å². The van der Waals surface area contributed by atoms with Crippen molar-refractivity contribution < 1.29 is 19.4 Å². The van der Waals surface area contributed by atoms with E-state index in [1.807, 2.05) is 6.92 Å². The zero-order valence-corrected chi connectivity index (χ0v) is 11.5. The van der Waals surface area contributed by atoms with Crippen molar-refractivity contribution in [2.45, 2.75) is 38.4 Å². The van der Waals surface area contributed by atoms with Gasteiger partial charge in [-0.25, -0.2) is 4.79 Å². The third kappa shape index (κ3) is 3.81. The van der Waals surface area contributed by atoms with Gasteiger partial charge in [0.2, 0.25) is 5.91 Å². The first-order valence-electron chi connectivity index (χ1n) is 6.81. The van der Waals surface area contributed by atoms with Gasteiger partial charge >= 0.3 is 5.97 Å². The van der Waals surface area contributed by atoms with E-state index in [9.17, 15) is 9.59 Å². The van der Waals surface area contributed by atoms with Gasteiger partial charge in [0.15, 0.2) is 0 Å². The Balaban J connectivity index is 1.75. The van der Waals surface area contributed by atoms with Crippen molar-refractivity contribution >= 4 is 11.9 Å². The van der Waals surface area contributed by atoms with Crippen molar-refractivity contribution in [1.29, 1.82) is 0 Å². The molecule has 2 N–H and O–H groups in total. The second-order valence-electron chi connectivity index (χ2n) is 5.06. The standard InChI is InChI=1S/C15H19NO4/c1-10-2-7-13(20-10)14(17)16-9-8-11-3-5-12(6-4-11)15(18)19/h3-6,10,13H,2,7-9H2,1H3,(H,16,17)(H,18,19)/t10-,13-/m0/s1. The molecule has 2 atom stereocenters. The van der Waals surface area contributed by atoms with E-state index in [2.05, 4.69) is 5.32 Å². The highest BCUT2D eigenvalue weighted by atomic mass is 16.5. The summed E-state index contributed by atoms with van der Waals surface area (Å²) in [5.74, 6) is -0.992. The summed E-state index contributed by atoms with van der Waals surface area (Å²) in [6, 6.07) is 6.68. The second kappa shape index (κ2) is 6.52. The maximum absolute atomic E-state index is 11.8. The fourth-order valence-corrected chi connectivity index (χ4v) is 2.25. The van der Waals surface area contributed by atoms with E-state index in [1.165, 1.54) is 0 Å². The smallest absolute Gasteiger partial charge is 0.335 e. The molecule has 0 aromatic heterocycles. The lowest BCUT2D eigenvalue weighted by Gasteiger charge is -2.11. The van der Waals surface area contributed by atoms with Gasteiger partial charge in [0.25, 0.3) is 0 Å². The van der Waals surface area contributed by atoms with E-state index in [4.69, 9.17) is 9.84 Å². The number of hydrogen-bond donors (Lipinski definition) is 2. The van der Waals surface area contributed by atoms with Crippen molar-refractivity contribution in [2.75, 3.05) is 6.54 Å². The van der Waals surface area contributed by atoms with Crippen molar-refractivity contribution in [2.24, 2.45) is 0 Å². The SMILES string of the molecule is C[C@H]1CC[C@@H](C(=O)NCCc2ccc(C(=O)O)cc2)O1. The summed E-state index contributed by atoms with van der Waals surface area (Å²) in [4.78, 5) is 22.5. The monoisotopic (exact) mass is 277 g/mol. The van der Waals surface area contributed by atoms with Crippen LogP contribution in [0, 0.1) is 0 Å². The van der Waals surface area contributed by atoms with Gasteiger partial charge in [0.1, 0.15) is 6.10 Å². The molecular formula is C15H19NO4. The minimum absolute atomic E-state index is 0.0588. The molecule has 0 bridgehead atoms. The number of carbonyl (C=O) groups is 2. The molecule has 5 heteroatoms. The molecule has 20 heavy (non-hydrogen) atoms. The normalized spacial score (nSPS) is 21.6. The van der Waals surface area contributed by atoms with Crippen LogP contribution in [0.25, 0.3) is 0 Å². The number of hydrogen-bond acceptors (Lipinski definition) is 3. The molecule has 108 valence electrons. The number of aromatic carboxylic acids is 1. The number of amides is 1. The van der Waals surface area contributed by atoms with Gasteiger partial charge in [-0.3, -0.25) is 4.79 Å². The molecular weight excluding hydrogens is 258 g/mol. The van der Waals surface area contributed by atoms with Crippen LogP contribution in [0.15, 0.2) is 24.3 Å². The van der Waals surface area contributed by atoms with Crippen LogP contribution in [-0.4, -0.2) is 35.7 Å². The van der Waals surface area contributed by atoms with Gasteiger partial charge in [-0.2, -0.15) is 0 Å². The lowest BCUT2D eigenvalue weighted by Crippen LogP contribution is -2.35. The van der Waals surface area contributed by atoms with Gasteiger partial charge < -0.3 is 15.2 Å². The molecule has 1 heterocycles. The first-order valence-corrected chi connectivity index (χ1v) is 6.81. The van der Waals surface area contributed by atoms with Gasteiger partial charge in [-0.05, 0) is 43.9 Å². The minimum atomic E-state index is -0.933. The molecule has 0 unspecified atom stereocenters. The number of carbonyl (C=O) groups excluding carboxylic acids is 1. The molecule has 1 fully saturated rings. The number of ether oxygens (including phenoxy) is 1. The summed E-state index contributed by atoms with van der Waals surface area (Å²) in [5.41, 5.74) is 1.27. The van der Waals surface area contributed by atoms with E-state index < -0.39 is 5.97 Å². The van der Waals surface area contributed by atoms with E-state index in [1.54, 1.807) is 24.3 Å². The first kappa shape index (κ1) is 14.5. The van der Waals surface area contributed by atoms with E-state index in [0.29, 0.717) is 13.0 Å².